The predicted molar refractivity (Wildman–Crippen MR) is 81.0 cm³/mol. The Balaban J connectivity index is 1.51. The van der Waals surface area contributed by atoms with Crippen molar-refractivity contribution in [2.24, 2.45) is 0 Å². The minimum Gasteiger partial charge on any atom is -0.335 e. The second-order valence-corrected chi connectivity index (χ2v) is 6.79. The van der Waals surface area contributed by atoms with Gasteiger partial charge in [-0.2, -0.15) is 13.2 Å². The molecule has 1 aliphatic carbocycles. The summed E-state index contributed by atoms with van der Waals surface area (Å²) in [5.74, 6) is -1.26. The van der Waals surface area contributed by atoms with Crippen molar-refractivity contribution in [2.45, 2.75) is 49.9 Å². The molecule has 1 aromatic carbocycles. The number of likely N-dealkylation sites (tertiary alicyclic amines) is 1. The molecule has 2 fully saturated rings. The van der Waals surface area contributed by atoms with Crippen LogP contribution in [-0.4, -0.2) is 41.7 Å². The maximum atomic E-state index is 12.4. The molecular formula is C17H21F3N2O. The van der Waals surface area contributed by atoms with E-state index in [-0.39, 0.29) is 24.7 Å². The number of nitrogens with one attached hydrogen (secondary N) is 1. The molecule has 1 aromatic rings. The predicted octanol–water partition coefficient (Wildman–Crippen LogP) is 3.08. The van der Waals surface area contributed by atoms with Gasteiger partial charge in [-0.3, -0.25) is 4.79 Å². The van der Waals surface area contributed by atoms with Crippen LogP contribution in [0.15, 0.2) is 30.3 Å². The number of carbonyl (C=O) groups excluding carboxylic acids is 1. The van der Waals surface area contributed by atoms with Gasteiger partial charge in [0.1, 0.15) is 0 Å². The lowest BCUT2D eigenvalue weighted by molar-refractivity contribution is -0.186. The summed E-state index contributed by atoms with van der Waals surface area (Å²) >= 11 is 0. The van der Waals surface area contributed by atoms with E-state index in [1.807, 2.05) is 18.2 Å². The number of alkyl halides is 3. The average Bonchev–Trinajstić information content (AvgIpc) is 3.18. The van der Waals surface area contributed by atoms with E-state index in [0.29, 0.717) is 18.8 Å². The molecule has 2 atom stereocenters. The number of hydrogen-bond donors (Lipinski definition) is 1. The molecule has 1 saturated heterocycles. The van der Waals surface area contributed by atoms with Crippen LogP contribution in [0.1, 0.15) is 37.7 Å². The van der Waals surface area contributed by atoms with E-state index in [0.717, 1.165) is 11.3 Å². The zero-order valence-corrected chi connectivity index (χ0v) is 13.1. The van der Waals surface area contributed by atoms with Gasteiger partial charge >= 0.3 is 12.1 Å². The first-order chi connectivity index (χ1) is 10.8. The first-order valence-corrected chi connectivity index (χ1v) is 7.98. The van der Waals surface area contributed by atoms with Gasteiger partial charge in [0.2, 0.25) is 0 Å². The molecule has 1 amide bonds. The van der Waals surface area contributed by atoms with Crippen molar-refractivity contribution in [3.8, 4) is 0 Å². The molecule has 23 heavy (non-hydrogen) atoms. The van der Waals surface area contributed by atoms with Crippen LogP contribution in [0.3, 0.4) is 0 Å². The number of carbonyl (C=O) groups is 1. The van der Waals surface area contributed by atoms with Crippen molar-refractivity contribution in [1.29, 1.82) is 0 Å². The summed E-state index contributed by atoms with van der Waals surface area (Å²) in [5, 5.41) is 3.60. The van der Waals surface area contributed by atoms with E-state index in [2.05, 4.69) is 24.4 Å². The summed E-state index contributed by atoms with van der Waals surface area (Å²) in [4.78, 5) is 12.2. The van der Waals surface area contributed by atoms with Gasteiger partial charge in [0.25, 0.3) is 0 Å². The van der Waals surface area contributed by atoms with Crippen LogP contribution in [0.25, 0.3) is 0 Å². The van der Waals surface area contributed by atoms with E-state index < -0.39 is 12.1 Å². The summed E-state index contributed by atoms with van der Waals surface area (Å²) in [6, 6.07) is 10.4. The van der Waals surface area contributed by atoms with Crippen molar-refractivity contribution in [2.75, 3.05) is 13.1 Å². The lowest BCUT2D eigenvalue weighted by Crippen LogP contribution is -2.51. The highest BCUT2D eigenvalue weighted by atomic mass is 19.4. The van der Waals surface area contributed by atoms with Crippen LogP contribution in [0.5, 0.6) is 0 Å². The molecule has 3 nitrogen and oxygen atoms in total. The molecule has 0 unspecified atom stereocenters. The number of halogens is 3. The summed E-state index contributed by atoms with van der Waals surface area (Å²) in [6.07, 6.45) is -2.59. The Bertz CT molecular complexity index is 567. The van der Waals surface area contributed by atoms with Crippen molar-refractivity contribution >= 4 is 5.91 Å². The fourth-order valence-corrected chi connectivity index (χ4v) is 3.57. The van der Waals surface area contributed by atoms with Gasteiger partial charge in [-0.1, -0.05) is 30.3 Å². The normalized spacial score (nSPS) is 28.7. The number of hydrogen-bond acceptors (Lipinski definition) is 2. The highest BCUT2D eigenvalue weighted by Crippen LogP contribution is 2.51. The lowest BCUT2D eigenvalue weighted by Gasteiger charge is -2.34. The summed E-state index contributed by atoms with van der Waals surface area (Å²) in [7, 11) is 0. The number of benzene rings is 1. The highest BCUT2D eigenvalue weighted by molar-refractivity contribution is 5.81. The highest BCUT2D eigenvalue weighted by Gasteiger charge is 2.52. The van der Waals surface area contributed by atoms with Crippen molar-refractivity contribution < 1.29 is 18.0 Å². The number of rotatable bonds is 3. The average molecular weight is 326 g/mol. The third kappa shape index (κ3) is 3.52. The van der Waals surface area contributed by atoms with Crippen LogP contribution in [0.2, 0.25) is 0 Å². The van der Waals surface area contributed by atoms with Crippen molar-refractivity contribution in [3.63, 3.8) is 0 Å². The van der Waals surface area contributed by atoms with Gasteiger partial charge in [-0.15, -0.1) is 0 Å². The lowest BCUT2D eigenvalue weighted by atomic mass is 10.0. The molecule has 6 heteroatoms. The molecule has 1 aliphatic heterocycles. The third-order valence-electron chi connectivity index (χ3n) is 5.00. The second kappa shape index (κ2) is 5.82. The van der Waals surface area contributed by atoms with Crippen LogP contribution in [-0.2, 0) is 4.79 Å². The van der Waals surface area contributed by atoms with E-state index in [9.17, 15) is 18.0 Å². The Morgan fingerprint density at radius 2 is 1.83 bits per heavy atom. The quantitative estimate of drug-likeness (QED) is 0.926. The standard InChI is InChI=1S/C17H21F3N2O/c1-16(11-14(16)12-5-3-2-4-6-12)21-13-7-9-22(10-8-13)15(23)17(18,19)20/h2-6,13-14,21H,7-11H2,1H3/t14-,16+/m0/s1. The van der Waals surface area contributed by atoms with Gasteiger partial charge in [0.15, 0.2) is 0 Å². The molecule has 2 aliphatic rings. The Labute approximate surface area is 133 Å². The van der Waals surface area contributed by atoms with Gasteiger partial charge < -0.3 is 10.2 Å². The minimum atomic E-state index is -4.76. The maximum absolute atomic E-state index is 12.4. The SMILES string of the molecule is C[C@@]1(NC2CCN(C(=O)C(F)(F)F)CC2)C[C@H]1c1ccccc1. The Morgan fingerprint density at radius 3 is 2.39 bits per heavy atom. The van der Waals surface area contributed by atoms with Gasteiger partial charge in [0, 0.05) is 30.6 Å². The van der Waals surface area contributed by atoms with Gasteiger partial charge in [-0.05, 0) is 31.7 Å². The Morgan fingerprint density at radius 1 is 1.22 bits per heavy atom. The third-order valence-corrected chi connectivity index (χ3v) is 5.00. The van der Waals surface area contributed by atoms with Crippen molar-refractivity contribution in [3.05, 3.63) is 35.9 Å². The number of amides is 1. The Kier molecular flexibility index (Phi) is 4.12. The zero-order valence-electron chi connectivity index (χ0n) is 13.1. The zero-order chi connectivity index (χ0) is 16.7. The molecule has 0 radical (unpaired) electrons. The van der Waals surface area contributed by atoms with E-state index in [1.165, 1.54) is 5.56 Å². The van der Waals surface area contributed by atoms with E-state index in [1.54, 1.807) is 0 Å². The maximum Gasteiger partial charge on any atom is 0.471 e. The summed E-state index contributed by atoms with van der Waals surface area (Å²) < 4.78 is 37.3. The molecule has 1 heterocycles. The first kappa shape index (κ1) is 16.3. The molecule has 1 N–H and O–H groups in total. The van der Waals surface area contributed by atoms with Crippen LogP contribution in [0.4, 0.5) is 13.2 Å². The molecular weight excluding hydrogens is 305 g/mol. The molecule has 0 aromatic heterocycles. The Hall–Kier alpha value is -1.56. The van der Waals surface area contributed by atoms with E-state index >= 15 is 0 Å². The molecule has 1 saturated carbocycles. The molecule has 3 rings (SSSR count). The van der Waals surface area contributed by atoms with Crippen LogP contribution in [0, 0.1) is 0 Å². The fraction of sp³-hybridized carbons (Fsp3) is 0.588. The van der Waals surface area contributed by atoms with E-state index in [4.69, 9.17) is 0 Å². The number of nitrogens with zero attached hydrogens (tertiary/aromatic N) is 1. The van der Waals surface area contributed by atoms with Crippen LogP contribution < -0.4 is 5.32 Å². The van der Waals surface area contributed by atoms with Gasteiger partial charge in [-0.25, -0.2) is 0 Å². The monoisotopic (exact) mass is 326 g/mol. The fourth-order valence-electron chi connectivity index (χ4n) is 3.57. The van der Waals surface area contributed by atoms with Crippen LogP contribution >= 0.6 is 0 Å². The summed E-state index contributed by atoms with van der Waals surface area (Å²) in [5.41, 5.74) is 1.31. The minimum absolute atomic E-state index is 0.0161. The first-order valence-electron chi connectivity index (χ1n) is 7.98. The number of piperidine rings is 1. The van der Waals surface area contributed by atoms with Crippen molar-refractivity contribution in [1.82, 2.24) is 10.2 Å². The smallest absolute Gasteiger partial charge is 0.335 e. The summed E-state index contributed by atoms with van der Waals surface area (Å²) in [6.45, 7) is 2.50. The molecule has 0 bridgehead atoms. The molecule has 0 spiro atoms. The second-order valence-electron chi connectivity index (χ2n) is 6.79. The van der Waals surface area contributed by atoms with Gasteiger partial charge in [0.05, 0.1) is 0 Å². The molecule has 126 valence electrons. The largest absolute Gasteiger partial charge is 0.471 e. The topological polar surface area (TPSA) is 32.3 Å².